The molecule has 1 aromatic carbocycles. The fourth-order valence-corrected chi connectivity index (χ4v) is 3.87. The number of benzene rings is 1. The molecule has 3 heteroatoms. The Morgan fingerprint density at radius 1 is 0.567 bits per heavy atom. The molecule has 0 aromatic heterocycles. The first-order chi connectivity index (χ1) is 14.8. The molecule has 1 aromatic rings. The Kier molecular flexibility index (Phi) is 18.1. The quantitative estimate of drug-likeness (QED) is 0.140. The molecule has 2 nitrogen and oxygen atoms in total. The molecule has 0 bridgehead atoms. The van der Waals surface area contributed by atoms with Crippen molar-refractivity contribution in [3.8, 4) is 11.5 Å². The average Bonchev–Trinajstić information content (AvgIpc) is 2.77. The van der Waals surface area contributed by atoms with Crippen molar-refractivity contribution in [3.05, 3.63) is 23.8 Å². The molecule has 0 aliphatic heterocycles. The Morgan fingerprint density at radius 3 is 1.47 bits per heavy atom. The molecule has 0 unspecified atom stereocenters. The van der Waals surface area contributed by atoms with Crippen LogP contribution in [0.5, 0.6) is 11.5 Å². The van der Waals surface area contributed by atoms with Gasteiger partial charge in [0.25, 0.3) is 0 Å². The summed E-state index contributed by atoms with van der Waals surface area (Å²) < 4.78 is 12.1. The van der Waals surface area contributed by atoms with Crippen LogP contribution < -0.4 is 9.47 Å². The van der Waals surface area contributed by atoms with Gasteiger partial charge in [0.15, 0.2) is 11.5 Å². The van der Waals surface area contributed by atoms with E-state index in [4.69, 9.17) is 21.1 Å². The minimum absolute atomic E-state index is 0.506. The molecular weight excluding hydrogens is 392 g/mol. The van der Waals surface area contributed by atoms with Crippen LogP contribution in [0.15, 0.2) is 18.2 Å². The molecule has 0 radical (unpaired) electrons. The minimum Gasteiger partial charge on any atom is -0.490 e. The lowest BCUT2D eigenvalue weighted by Gasteiger charge is -2.14. The van der Waals surface area contributed by atoms with Crippen LogP contribution in [0, 0.1) is 0 Å². The van der Waals surface area contributed by atoms with Gasteiger partial charge in [-0.25, -0.2) is 0 Å². The summed E-state index contributed by atoms with van der Waals surface area (Å²) in [6, 6.07) is 6.10. The molecule has 0 aliphatic rings. The Hall–Kier alpha value is -0.890. The normalized spacial score (nSPS) is 11.0. The number of alkyl halides is 1. The summed E-state index contributed by atoms with van der Waals surface area (Å²) in [6.07, 6.45) is 21.0. The number of unbranched alkanes of at least 4 members (excludes halogenated alkanes) is 14. The monoisotopic (exact) mass is 438 g/mol. The predicted molar refractivity (Wildman–Crippen MR) is 132 cm³/mol. The van der Waals surface area contributed by atoms with Gasteiger partial charge in [-0.3, -0.25) is 0 Å². The van der Waals surface area contributed by atoms with Crippen LogP contribution in [0.25, 0.3) is 0 Å². The molecule has 0 fully saturated rings. The number of ether oxygens (including phenoxy) is 2. The highest BCUT2D eigenvalue weighted by Gasteiger charge is 2.07. The Labute approximate surface area is 192 Å². The molecule has 0 N–H and O–H groups in total. The molecule has 0 spiro atoms. The van der Waals surface area contributed by atoms with Gasteiger partial charge in [-0.15, -0.1) is 11.6 Å². The van der Waals surface area contributed by atoms with Gasteiger partial charge in [0.2, 0.25) is 0 Å². The highest BCUT2D eigenvalue weighted by Crippen LogP contribution is 2.29. The van der Waals surface area contributed by atoms with Gasteiger partial charge in [0, 0.05) is 5.88 Å². The lowest BCUT2D eigenvalue weighted by Crippen LogP contribution is -2.03. The van der Waals surface area contributed by atoms with E-state index in [2.05, 4.69) is 13.8 Å². The van der Waals surface area contributed by atoms with E-state index in [1.807, 2.05) is 18.2 Å². The number of hydrogen-bond donors (Lipinski definition) is 0. The molecule has 0 heterocycles. The molecule has 0 saturated heterocycles. The van der Waals surface area contributed by atoms with E-state index in [1.54, 1.807) is 0 Å². The lowest BCUT2D eigenvalue weighted by molar-refractivity contribution is 0.258. The van der Waals surface area contributed by atoms with Crippen molar-refractivity contribution in [2.24, 2.45) is 0 Å². The van der Waals surface area contributed by atoms with Crippen LogP contribution >= 0.6 is 11.6 Å². The fraction of sp³-hybridized carbons (Fsp3) is 0.778. The third-order valence-corrected chi connectivity index (χ3v) is 5.98. The Balaban J connectivity index is 2.22. The first kappa shape index (κ1) is 27.1. The van der Waals surface area contributed by atoms with Crippen LogP contribution in [0.1, 0.15) is 122 Å². The van der Waals surface area contributed by atoms with Gasteiger partial charge < -0.3 is 9.47 Å². The molecule has 0 amide bonds. The average molecular weight is 439 g/mol. The minimum atomic E-state index is 0.506. The van der Waals surface area contributed by atoms with E-state index in [0.717, 1.165) is 43.1 Å². The molecular formula is C27H47ClO2. The van der Waals surface area contributed by atoms with Crippen molar-refractivity contribution in [1.82, 2.24) is 0 Å². The second-order valence-corrected chi connectivity index (χ2v) is 8.83. The summed E-state index contributed by atoms with van der Waals surface area (Å²) in [5.74, 6) is 2.23. The Bertz CT molecular complexity index is 504. The SMILES string of the molecule is CCCCCCCCCCOc1ccc(CCl)cc1OCCCCCCCCCC. The first-order valence-corrected chi connectivity index (χ1v) is 13.3. The maximum Gasteiger partial charge on any atom is 0.161 e. The third kappa shape index (κ3) is 14.2. The summed E-state index contributed by atoms with van der Waals surface area (Å²) in [6.45, 7) is 6.06. The highest BCUT2D eigenvalue weighted by molar-refractivity contribution is 6.17. The second kappa shape index (κ2) is 20.0. The van der Waals surface area contributed by atoms with Crippen LogP contribution in [0.2, 0.25) is 0 Å². The summed E-state index contributed by atoms with van der Waals surface area (Å²) >= 11 is 6.02. The number of rotatable bonds is 21. The van der Waals surface area contributed by atoms with Gasteiger partial charge in [-0.05, 0) is 30.5 Å². The predicted octanol–water partition coefficient (Wildman–Crippen LogP) is 9.46. The summed E-state index contributed by atoms with van der Waals surface area (Å²) in [4.78, 5) is 0. The third-order valence-electron chi connectivity index (χ3n) is 5.67. The van der Waals surface area contributed by atoms with Crippen LogP contribution in [-0.2, 0) is 5.88 Å². The number of halogens is 1. The van der Waals surface area contributed by atoms with Crippen molar-refractivity contribution in [2.75, 3.05) is 13.2 Å². The summed E-state index contributed by atoms with van der Waals surface area (Å²) in [5, 5.41) is 0. The van der Waals surface area contributed by atoms with Gasteiger partial charge >= 0.3 is 0 Å². The topological polar surface area (TPSA) is 18.5 Å². The van der Waals surface area contributed by atoms with Gasteiger partial charge in [-0.2, -0.15) is 0 Å². The summed E-state index contributed by atoms with van der Waals surface area (Å²) in [5.41, 5.74) is 1.09. The maximum absolute atomic E-state index is 6.07. The van der Waals surface area contributed by atoms with Gasteiger partial charge in [0.1, 0.15) is 0 Å². The lowest BCUT2D eigenvalue weighted by atomic mass is 10.1. The fourth-order valence-electron chi connectivity index (χ4n) is 3.70. The molecule has 0 atom stereocenters. The van der Waals surface area contributed by atoms with E-state index < -0.39 is 0 Å². The van der Waals surface area contributed by atoms with Crippen molar-refractivity contribution < 1.29 is 9.47 Å². The number of hydrogen-bond acceptors (Lipinski definition) is 2. The van der Waals surface area contributed by atoms with Gasteiger partial charge in [-0.1, -0.05) is 110 Å². The molecule has 30 heavy (non-hydrogen) atoms. The smallest absolute Gasteiger partial charge is 0.161 e. The Morgan fingerprint density at radius 2 is 1.00 bits per heavy atom. The van der Waals surface area contributed by atoms with E-state index in [9.17, 15) is 0 Å². The standard InChI is InChI=1S/C27H47ClO2/c1-3-5-7-9-11-13-15-17-21-29-26-20-19-25(24-28)23-27(26)30-22-18-16-14-12-10-8-6-4-2/h19-20,23H,3-18,21-22,24H2,1-2H3. The highest BCUT2D eigenvalue weighted by atomic mass is 35.5. The summed E-state index contributed by atoms with van der Waals surface area (Å²) in [7, 11) is 0. The first-order valence-electron chi connectivity index (χ1n) is 12.8. The van der Waals surface area contributed by atoms with E-state index >= 15 is 0 Å². The van der Waals surface area contributed by atoms with Crippen molar-refractivity contribution in [1.29, 1.82) is 0 Å². The van der Waals surface area contributed by atoms with Crippen LogP contribution in [0.3, 0.4) is 0 Å². The van der Waals surface area contributed by atoms with Crippen molar-refractivity contribution >= 4 is 11.6 Å². The largest absolute Gasteiger partial charge is 0.490 e. The zero-order valence-corrected chi connectivity index (χ0v) is 20.6. The van der Waals surface area contributed by atoms with Crippen LogP contribution in [-0.4, -0.2) is 13.2 Å². The maximum atomic E-state index is 6.07. The van der Waals surface area contributed by atoms with Crippen molar-refractivity contribution in [3.63, 3.8) is 0 Å². The molecule has 1 rings (SSSR count). The van der Waals surface area contributed by atoms with E-state index in [-0.39, 0.29) is 0 Å². The zero-order chi connectivity index (χ0) is 21.7. The van der Waals surface area contributed by atoms with E-state index in [0.29, 0.717) is 5.88 Å². The zero-order valence-electron chi connectivity index (χ0n) is 19.9. The van der Waals surface area contributed by atoms with E-state index in [1.165, 1.54) is 89.9 Å². The second-order valence-electron chi connectivity index (χ2n) is 8.56. The van der Waals surface area contributed by atoms with Crippen molar-refractivity contribution in [2.45, 2.75) is 122 Å². The van der Waals surface area contributed by atoms with Gasteiger partial charge in [0.05, 0.1) is 13.2 Å². The van der Waals surface area contributed by atoms with Crippen LogP contribution in [0.4, 0.5) is 0 Å². The molecule has 0 aliphatic carbocycles. The molecule has 174 valence electrons. The molecule has 0 saturated carbocycles.